The summed E-state index contributed by atoms with van der Waals surface area (Å²) in [7, 11) is 0. The van der Waals surface area contributed by atoms with Gasteiger partial charge in [0.1, 0.15) is 0 Å². The number of benzene rings is 1. The van der Waals surface area contributed by atoms with E-state index in [2.05, 4.69) is 46.9 Å². The molecule has 0 fully saturated rings. The molecule has 0 saturated heterocycles. The Morgan fingerprint density at radius 1 is 1.38 bits per heavy atom. The summed E-state index contributed by atoms with van der Waals surface area (Å²) < 4.78 is 6.22. The Morgan fingerprint density at radius 2 is 2.00 bits per heavy atom. The van der Waals surface area contributed by atoms with Crippen molar-refractivity contribution in [3.05, 3.63) is 39.0 Å². The fraction of sp³-hybridized carbons (Fsp3) is 0.308. The van der Waals surface area contributed by atoms with Gasteiger partial charge in [0.2, 0.25) is 0 Å². The molecule has 1 aliphatic carbocycles. The Balaban J connectivity index is 2.22. The number of hydrogen-bond donors (Lipinski definition) is 0. The smallest absolute Gasteiger partial charge is 0.334 e. The highest BCUT2D eigenvalue weighted by molar-refractivity contribution is 14.1. The lowest BCUT2D eigenvalue weighted by Gasteiger charge is -1.95. The summed E-state index contributed by atoms with van der Waals surface area (Å²) in [6, 6.07) is 8.22. The van der Waals surface area contributed by atoms with Crippen molar-refractivity contribution in [2.45, 2.75) is 13.8 Å². The van der Waals surface area contributed by atoms with E-state index in [0.717, 1.165) is 16.7 Å². The number of esters is 1. The molecule has 16 heavy (non-hydrogen) atoms. The van der Waals surface area contributed by atoms with Gasteiger partial charge in [-0.05, 0) is 52.8 Å². The molecule has 1 unspecified atom stereocenters. The third kappa shape index (κ3) is 2.14. The predicted molar refractivity (Wildman–Crippen MR) is 71.9 cm³/mol. The molecule has 84 valence electrons. The minimum Gasteiger partial charge on any atom is -0.463 e. The minimum atomic E-state index is -0.163. The van der Waals surface area contributed by atoms with E-state index in [1.165, 1.54) is 3.57 Å². The van der Waals surface area contributed by atoms with Crippen LogP contribution in [0.3, 0.4) is 0 Å². The van der Waals surface area contributed by atoms with Crippen molar-refractivity contribution in [3.8, 4) is 0 Å². The predicted octanol–water partition coefficient (Wildman–Crippen LogP) is 3.26. The molecule has 0 bridgehead atoms. The average molecular weight is 328 g/mol. The molecule has 2 nitrogen and oxygen atoms in total. The maximum Gasteiger partial charge on any atom is 0.334 e. The van der Waals surface area contributed by atoms with Crippen LogP contribution >= 0.6 is 22.6 Å². The Labute approximate surface area is 109 Å². The Kier molecular flexibility index (Phi) is 3.33. The Bertz CT molecular complexity index is 446. The van der Waals surface area contributed by atoms with Crippen LogP contribution in [-0.2, 0) is 9.53 Å². The summed E-state index contributed by atoms with van der Waals surface area (Å²) in [5.41, 5.74) is 3.11. The summed E-state index contributed by atoms with van der Waals surface area (Å²) in [5, 5.41) is 0. The zero-order valence-electron chi connectivity index (χ0n) is 9.29. The van der Waals surface area contributed by atoms with Crippen molar-refractivity contribution in [1.29, 1.82) is 0 Å². The molecule has 0 amide bonds. The van der Waals surface area contributed by atoms with Crippen LogP contribution in [0.25, 0.3) is 5.57 Å². The molecule has 1 aromatic rings. The standard InChI is InChI=1S/C13H13IO2/c1-3-16-13(15)12-8(2)11(12)9-4-6-10(14)7-5-9/h4-8H,3H2,1-2H3. The molecular weight excluding hydrogens is 315 g/mol. The van der Waals surface area contributed by atoms with E-state index in [4.69, 9.17) is 4.74 Å². The average Bonchev–Trinajstić information content (AvgIpc) is 2.92. The first kappa shape index (κ1) is 11.6. The molecule has 1 aromatic carbocycles. The highest BCUT2D eigenvalue weighted by atomic mass is 127. The van der Waals surface area contributed by atoms with Gasteiger partial charge < -0.3 is 4.74 Å². The van der Waals surface area contributed by atoms with Gasteiger partial charge in [-0.3, -0.25) is 0 Å². The SMILES string of the molecule is CCOC(=O)C1=C(c2ccc(I)cc2)C1C. The second-order valence-electron chi connectivity index (χ2n) is 3.78. The fourth-order valence-electron chi connectivity index (χ4n) is 1.87. The van der Waals surface area contributed by atoms with E-state index in [1.54, 1.807) is 0 Å². The van der Waals surface area contributed by atoms with E-state index in [1.807, 2.05) is 13.8 Å². The Morgan fingerprint density at radius 3 is 2.56 bits per heavy atom. The zero-order valence-corrected chi connectivity index (χ0v) is 11.4. The third-order valence-corrected chi connectivity index (χ3v) is 3.44. The number of halogens is 1. The molecular formula is C13H13IO2. The van der Waals surface area contributed by atoms with Gasteiger partial charge >= 0.3 is 5.97 Å². The first-order chi connectivity index (χ1) is 7.65. The second kappa shape index (κ2) is 4.57. The van der Waals surface area contributed by atoms with Gasteiger partial charge in [0.15, 0.2) is 0 Å². The molecule has 0 saturated carbocycles. The first-order valence-corrected chi connectivity index (χ1v) is 6.40. The van der Waals surface area contributed by atoms with Crippen molar-refractivity contribution in [3.63, 3.8) is 0 Å². The molecule has 3 heteroatoms. The largest absolute Gasteiger partial charge is 0.463 e. The molecule has 0 aliphatic heterocycles. The highest BCUT2D eigenvalue weighted by Crippen LogP contribution is 2.47. The molecule has 0 heterocycles. The lowest BCUT2D eigenvalue weighted by atomic mass is 10.1. The van der Waals surface area contributed by atoms with Crippen molar-refractivity contribution in [1.82, 2.24) is 0 Å². The van der Waals surface area contributed by atoms with Crippen LogP contribution in [0.15, 0.2) is 29.8 Å². The van der Waals surface area contributed by atoms with Crippen LogP contribution in [-0.4, -0.2) is 12.6 Å². The van der Waals surface area contributed by atoms with Crippen LogP contribution < -0.4 is 0 Å². The fourth-order valence-corrected chi connectivity index (χ4v) is 2.23. The van der Waals surface area contributed by atoms with Crippen molar-refractivity contribution in [2.24, 2.45) is 5.92 Å². The summed E-state index contributed by atoms with van der Waals surface area (Å²) in [4.78, 5) is 11.6. The lowest BCUT2D eigenvalue weighted by molar-refractivity contribution is -0.138. The van der Waals surface area contributed by atoms with Gasteiger partial charge in [-0.2, -0.15) is 0 Å². The molecule has 0 N–H and O–H groups in total. The number of carbonyl (C=O) groups excluding carboxylic acids is 1. The summed E-state index contributed by atoms with van der Waals surface area (Å²) in [5.74, 6) is 0.0858. The van der Waals surface area contributed by atoms with Crippen molar-refractivity contribution >= 4 is 34.1 Å². The van der Waals surface area contributed by atoms with Crippen LogP contribution in [0.5, 0.6) is 0 Å². The summed E-state index contributed by atoms with van der Waals surface area (Å²) >= 11 is 2.27. The quantitative estimate of drug-likeness (QED) is 0.629. The van der Waals surface area contributed by atoms with Gasteiger partial charge in [0.25, 0.3) is 0 Å². The molecule has 0 aromatic heterocycles. The molecule has 0 radical (unpaired) electrons. The van der Waals surface area contributed by atoms with Gasteiger partial charge in [0, 0.05) is 15.1 Å². The van der Waals surface area contributed by atoms with E-state index < -0.39 is 0 Å². The molecule has 0 spiro atoms. The Hall–Kier alpha value is -0.840. The van der Waals surface area contributed by atoms with Gasteiger partial charge in [0.05, 0.1) is 6.61 Å². The molecule has 2 rings (SSSR count). The van der Waals surface area contributed by atoms with Crippen molar-refractivity contribution in [2.75, 3.05) is 6.61 Å². The molecule has 1 aliphatic rings. The van der Waals surface area contributed by atoms with Gasteiger partial charge in [-0.1, -0.05) is 19.1 Å². The van der Waals surface area contributed by atoms with E-state index in [9.17, 15) is 4.79 Å². The highest BCUT2D eigenvalue weighted by Gasteiger charge is 2.39. The van der Waals surface area contributed by atoms with E-state index >= 15 is 0 Å². The zero-order chi connectivity index (χ0) is 11.7. The van der Waals surface area contributed by atoms with Crippen molar-refractivity contribution < 1.29 is 9.53 Å². The normalized spacial score (nSPS) is 18.6. The maximum atomic E-state index is 11.6. The van der Waals surface area contributed by atoms with E-state index in [-0.39, 0.29) is 11.9 Å². The van der Waals surface area contributed by atoms with Crippen LogP contribution in [0.1, 0.15) is 19.4 Å². The van der Waals surface area contributed by atoms with Gasteiger partial charge in [-0.25, -0.2) is 4.79 Å². The topological polar surface area (TPSA) is 26.3 Å². The second-order valence-corrected chi connectivity index (χ2v) is 5.02. The third-order valence-electron chi connectivity index (χ3n) is 2.72. The summed E-state index contributed by atoms with van der Waals surface area (Å²) in [6.07, 6.45) is 0. The minimum absolute atomic E-state index is 0.163. The number of hydrogen-bond acceptors (Lipinski definition) is 2. The van der Waals surface area contributed by atoms with Crippen LogP contribution in [0.2, 0.25) is 0 Å². The van der Waals surface area contributed by atoms with Crippen LogP contribution in [0.4, 0.5) is 0 Å². The van der Waals surface area contributed by atoms with Crippen LogP contribution in [0, 0.1) is 9.49 Å². The lowest BCUT2D eigenvalue weighted by Crippen LogP contribution is -2.02. The molecule has 1 atom stereocenters. The number of ether oxygens (including phenoxy) is 1. The first-order valence-electron chi connectivity index (χ1n) is 5.32. The maximum absolute atomic E-state index is 11.6. The van der Waals surface area contributed by atoms with E-state index in [0.29, 0.717) is 6.61 Å². The number of allylic oxidation sites excluding steroid dienone is 1. The number of rotatable bonds is 3. The summed E-state index contributed by atoms with van der Waals surface area (Å²) in [6.45, 7) is 4.31. The monoisotopic (exact) mass is 328 g/mol. The number of carbonyl (C=O) groups is 1. The van der Waals surface area contributed by atoms with Gasteiger partial charge in [-0.15, -0.1) is 0 Å².